The van der Waals surface area contributed by atoms with Gasteiger partial charge < -0.3 is 24.1 Å². The minimum atomic E-state index is -0.791. The van der Waals surface area contributed by atoms with Gasteiger partial charge in [-0.25, -0.2) is 0 Å². The molecule has 0 bridgehead atoms. The molecule has 5 nitrogen and oxygen atoms in total. The molecule has 0 aliphatic carbocycles. The zero-order valence-electron chi connectivity index (χ0n) is 11.4. The van der Waals surface area contributed by atoms with Crippen LogP contribution < -0.4 is 4.74 Å². The summed E-state index contributed by atoms with van der Waals surface area (Å²) >= 11 is 3.37. The van der Waals surface area contributed by atoms with E-state index in [1.54, 1.807) is 7.11 Å². The highest BCUT2D eigenvalue weighted by Gasteiger charge is 2.38. The van der Waals surface area contributed by atoms with Gasteiger partial charge in [-0.3, -0.25) is 0 Å². The molecule has 112 valence electrons. The second-order valence-electron chi connectivity index (χ2n) is 4.79. The van der Waals surface area contributed by atoms with Gasteiger partial charge in [-0.15, -0.1) is 0 Å². The van der Waals surface area contributed by atoms with Crippen molar-refractivity contribution in [1.29, 1.82) is 0 Å². The van der Waals surface area contributed by atoms with Crippen LogP contribution in [-0.2, 0) is 14.2 Å². The number of halogens is 1. The van der Waals surface area contributed by atoms with Gasteiger partial charge in [-0.2, -0.15) is 0 Å². The van der Waals surface area contributed by atoms with E-state index in [-0.39, 0.29) is 19.3 Å². The number of methoxy groups -OCH3 is 1. The Hall–Kier alpha value is -0.660. The second kappa shape index (κ2) is 7.38. The number of ether oxygens (including phenoxy) is 4. The van der Waals surface area contributed by atoms with Crippen LogP contribution >= 0.6 is 15.9 Å². The predicted octanol–water partition coefficient (Wildman–Crippen LogP) is 1.62. The fourth-order valence-electron chi connectivity index (χ4n) is 2.07. The maximum atomic E-state index is 9.48. The lowest BCUT2D eigenvalue weighted by Gasteiger charge is -2.39. The van der Waals surface area contributed by atoms with E-state index >= 15 is 0 Å². The monoisotopic (exact) mass is 346 g/mol. The van der Waals surface area contributed by atoms with Crippen molar-refractivity contribution in [3.63, 3.8) is 0 Å². The number of hydrogen-bond acceptors (Lipinski definition) is 5. The van der Waals surface area contributed by atoms with E-state index in [2.05, 4.69) is 15.9 Å². The van der Waals surface area contributed by atoms with E-state index < -0.39 is 5.60 Å². The Kier molecular flexibility index (Phi) is 5.80. The molecule has 1 aliphatic heterocycles. The van der Waals surface area contributed by atoms with Gasteiger partial charge in [-0.05, 0) is 24.3 Å². The summed E-state index contributed by atoms with van der Waals surface area (Å²) in [5.41, 5.74) is -0.791. The van der Waals surface area contributed by atoms with Crippen LogP contribution in [0.5, 0.6) is 5.75 Å². The number of rotatable bonds is 6. The van der Waals surface area contributed by atoms with Crippen LogP contribution in [0, 0.1) is 0 Å². The van der Waals surface area contributed by atoms with Crippen molar-refractivity contribution >= 4 is 15.9 Å². The maximum absolute atomic E-state index is 9.48. The van der Waals surface area contributed by atoms with Crippen LogP contribution in [0.25, 0.3) is 0 Å². The van der Waals surface area contributed by atoms with Crippen molar-refractivity contribution in [2.24, 2.45) is 0 Å². The summed E-state index contributed by atoms with van der Waals surface area (Å²) in [7, 11) is 1.57. The molecule has 20 heavy (non-hydrogen) atoms. The molecule has 0 radical (unpaired) electrons. The highest BCUT2D eigenvalue weighted by Crippen LogP contribution is 2.22. The van der Waals surface area contributed by atoms with Crippen LogP contribution in [-0.4, -0.2) is 57.0 Å². The van der Waals surface area contributed by atoms with Crippen LogP contribution in [0.4, 0.5) is 0 Å². The lowest BCUT2D eigenvalue weighted by Crippen LogP contribution is -2.54. The average Bonchev–Trinajstić information content (AvgIpc) is 2.47. The Morgan fingerprint density at radius 3 is 2.80 bits per heavy atom. The molecule has 1 N–H and O–H groups in total. The third-order valence-electron chi connectivity index (χ3n) is 3.03. The molecule has 0 unspecified atom stereocenters. The normalized spacial score (nSPS) is 26.4. The second-order valence-corrected chi connectivity index (χ2v) is 5.71. The Morgan fingerprint density at radius 2 is 2.15 bits per heavy atom. The molecule has 0 amide bonds. The molecule has 6 heteroatoms. The van der Waals surface area contributed by atoms with E-state index in [0.717, 1.165) is 10.2 Å². The molecule has 1 fully saturated rings. The van der Waals surface area contributed by atoms with E-state index in [9.17, 15) is 5.11 Å². The third-order valence-corrected chi connectivity index (χ3v) is 3.56. The Balaban J connectivity index is 1.87. The predicted molar refractivity (Wildman–Crippen MR) is 77.0 cm³/mol. The van der Waals surface area contributed by atoms with Crippen molar-refractivity contribution in [2.45, 2.75) is 11.7 Å². The molecule has 0 spiro atoms. The van der Waals surface area contributed by atoms with Gasteiger partial charge >= 0.3 is 0 Å². The van der Waals surface area contributed by atoms with Crippen molar-refractivity contribution in [2.75, 3.05) is 40.1 Å². The number of aliphatic hydroxyl groups excluding tert-OH is 1. The minimum absolute atomic E-state index is 0.143. The quantitative estimate of drug-likeness (QED) is 0.848. The summed E-state index contributed by atoms with van der Waals surface area (Å²) < 4.78 is 23.1. The molecule has 0 aromatic heterocycles. The fourth-order valence-corrected chi connectivity index (χ4v) is 2.33. The van der Waals surface area contributed by atoms with Gasteiger partial charge in [0, 0.05) is 11.6 Å². The molecule has 2 atom stereocenters. The first kappa shape index (κ1) is 15.7. The van der Waals surface area contributed by atoms with E-state index in [4.69, 9.17) is 18.9 Å². The average molecular weight is 347 g/mol. The minimum Gasteiger partial charge on any atom is -0.491 e. The Morgan fingerprint density at radius 1 is 1.40 bits per heavy atom. The highest BCUT2D eigenvalue weighted by molar-refractivity contribution is 9.10. The Bertz CT molecular complexity index is 407. The summed E-state index contributed by atoms with van der Waals surface area (Å²) in [6, 6.07) is 7.58. The zero-order chi connectivity index (χ0) is 14.4. The van der Waals surface area contributed by atoms with Crippen molar-refractivity contribution < 1.29 is 24.1 Å². The van der Waals surface area contributed by atoms with Gasteiger partial charge in [0.15, 0.2) is 0 Å². The summed E-state index contributed by atoms with van der Waals surface area (Å²) in [6.07, 6.45) is -0.227. The van der Waals surface area contributed by atoms with Crippen molar-refractivity contribution in [3.8, 4) is 5.75 Å². The zero-order valence-corrected chi connectivity index (χ0v) is 13.0. The molecule has 1 heterocycles. The van der Waals surface area contributed by atoms with Crippen molar-refractivity contribution in [3.05, 3.63) is 28.7 Å². The Labute approximate surface area is 126 Å². The lowest BCUT2D eigenvalue weighted by molar-refractivity contribution is -0.234. The van der Waals surface area contributed by atoms with Gasteiger partial charge in [0.2, 0.25) is 0 Å². The lowest BCUT2D eigenvalue weighted by atomic mass is 10.1. The topological polar surface area (TPSA) is 57.2 Å². The van der Waals surface area contributed by atoms with Gasteiger partial charge in [0.1, 0.15) is 24.1 Å². The standard InChI is InChI=1S/C14H19BrO5/c1-17-9-14(8-16)10-18-6-13(20-14)7-19-12-4-2-11(15)3-5-12/h2-5,13,16H,6-10H2,1H3/t13-,14-/m0/s1. The molecule has 1 saturated heterocycles. The van der Waals surface area contributed by atoms with Crippen LogP contribution in [0.3, 0.4) is 0 Å². The summed E-state index contributed by atoms with van der Waals surface area (Å²) in [5, 5.41) is 9.48. The van der Waals surface area contributed by atoms with Gasteiger partial charge in [0.05, 0.1) is 26.4 Å². The van der Waals surface area contributed by atoms with E-state index in [1.165, 1.54) is 0 Å². The highest BCUT2D eigenvalue weighted by atomic mass is 79.9. The maximum Gasteiger partial charge on any atom is 0.138 e. The molecule has 2 rings (SSSR count). The first-order valence-electron chi connectivity index (χ1n) is 6.41. The largest absolute Gasteiger partial charge is 0.491 e. The number of benzene rings is 1. The molecule has 1 aromatic rings. The molecule has 1 aromatic carbocycles. The molecule has 1 aliphatic rings. The van der Waals surface area contributed by atoms with Gasteiger partial charge in [0.25, 0.3) is 0 Å². The van der Waals surface area contributed by atoms with Crippen LogP contribution in [0.2, 0.25) is 0 Å². The first-order chi connectivity index (χ1) is 9.67. The molecule has 0 saturated carbocycles. The third kappa shape index (κ3) is 4.17. The number of aliphatic hydroxyl groups is 1. The number of hydrogen-bond donors (Lipinski definition) is 1. The first-order valence-corrected chi connectivity index (χ1v) is 7.20. The SMILES string of the molecule is COC[C@@]1(CO)COC[C@@H](COc2ccc(Br)cc2)O1. The summed E-state index contributed by atoms with van der Waals surface area (Å²) in [5.74, 6) is 0.767. The van der Waals surface area contributed by atoms with Crippen LogP contribution in [0.1, 0.15) is 0 Å². The van der Waals surface area contributed by atoms with E-state index in [0.29, 0.717) is 19.8 Å². The molecular formula is C14H19BrO5. The summed E-state index contributed by atoms with van der Waals surface area (Å²) in [6.45, 7) is 1.29. The van der Waals surface area contributed by atoms with Gasteiger partial charge in [-0.1, -0.05) is 15.9 Å². The van der Waals surface area contributed by atoms with E-state index in [1.807, 2.05) is 24.3 Å². The van der Waals surface area contributed by atoms with Crippen LogP contribution in [0.15, 0.2) is 28.7 Å². The fraction of sp³-hybridized carbons (Fsp3) is 0.571. The molecular weight excluding hydrogens is 328 g/mol. The van der Waals surface area contributed by atoms with Crippen molar-refractivity contribution in [1.82, 2.24) is 0 Å². The summed E-state index contributed by atoms with van der Waals surface area (Å²) in [4.78, 5) is 0. The smallest absolute Gasteiger partial charge is 0.138 e.